The Kier molecular flexibility index (Phi) is 4.97. The molecular formula is C15H17ClFNO. The lowest BCUT2D eigenvalue weighted by Crippen LogP contribution is -2.30. The van der Waals surface area contributed by atoms with E-state index >= 15 is 0 Å². The lowest BCUT2D eigenvalue weighted by Gasteiger charge is -2.17. The lowest BCUT2D eigenvalue weighted by molar-refractivity contribution is -0.125. The number of likely N-dealkylation sites (tertiary alicyclic amines) is 1. The van der Waals surface area contributed by atoms with E-state index in [1.54, 1.807) is 12.1 Å². The van der Waals surface area contributed by atoms with E-state index in [1.165, 1.54) is 31.1 Å². The van der Waals surface area contributed by atoms with Crippen LogP contribution in [0.5, 0.6) is 0 Å². The number of benzene rings is 1. The Morgan fingerprint density at radius 3 is 2.53 bits per heavy atom. The quantitative estimate of drug-likeness (QED) is 0.753. The highest BCUT2D eigenvalue weighted by Gasteiger charge is 2.12. The van der Waals surface area contributed by atoms with Crippen LogP contribution in [0.1, 0.15) is 31.2 Å². The van der Waals surface area contributed by atoms with Crippen molar-refractivity contribution in [2.24, 2.45) is 0 Å². The SMILES string of the molecule is O=C(C=Cc1ccc(F)c(Cl)c1)N1CCCCCC1. The smallest absolute Gasteiger partial charge is 0.246 e. The van der Waals surface area contributed by atoms with Crippen LogP contribution in [-0.2, 0) is 4.79 Å². The van der Waals surface area contributed by atoms with Gasteiger partial charge in [-0.25, -0.2) is 4.39 Å². The molecule has 2 rings (SSSR count). The molecule has 0 spiro atoms. The molecule has 4 heteroatoms. The number of halogens is 2. The lowest BCUT2D eigenvalue weighted by atomic mass is 10.2. The zero-order valence-corrected chi connectivity index (χ0v) is 11.5. The summed E-state index contributed by atoms with van der Waals surface area (Å²) in [7, 11) is 0. The van der Waals surface area contributed by atoms with Gasteiger partial charge >= 0.3 is 0 Å². The molecule has 102 valence electrons. The molecule has 0 aromatic heterocycles. The molecule has 19 heavy (non-hydrogen) atoms. The molecule has 1 aliphatic rings. The molecule has 0 radical (unpaired) electrons. The van der Waals surface area contributed by atoms with E-state index < -0.39 is 5.82 Å². The average Bonchev–Trinajstić information content (AvgIpc) is 2.69. The third-order valence-electron chi connectivity index (χ3n) is 3.28. The van der Waals surface area contributed by atoms with E-state index in [4.69, 9.17) is 11.6 Å². The van der Waals surface area contributed by atoms with Crippen LogP contribution < -0.4 is 0 Å². The van der Waals surface area contributed by atoms with Crippen LogP contribution in [0.2, 0.25) is 5.02 Å². The maximum absolute atomic E-state index is 13.0. The Balaban J connectivity index is 2.00. The van der Waals surface area contributed by atoms with Crippen molar-refractivity contribution in [3.05, 3.63) is 40.7 Å². The van der Waals surface area contributed by atoms with Crippen molar-refractivity contribution in [3.63, 3.8) is 0 Å². The fourth-order valence-electron chi connectivity index (χ4n) is 2.18. The summed E-state index contributed by atoms with van der Waals surface area (Å²) < 4.78 is 13.0. The van der Waals surface area contributed by atoms with Gasteiger partial charge in [-0.05, 0) is 36.6 Å². The Morgan fingerprint density at radius 2 is 1.89 bits per heavy atom. The molecule has 2 nitrogen and oxygen atoms in total. The van der Waals surface area contributed by atoms with E-state index in [2.05, 4.69) is 0 Å². The molecule has 0 unspecified atom stereocenters. The fraction of sp³-hybridized carbons (Fsp3) is 0.400. The minimum atomic E-state index is -0.447. The van der Waals surface area contributed by atoms with Crippen LogP contribution in [0.25, 0.3) is 6.08 Å². The fourth-order valence-corrected chi connectivity index (χ4v) is 2.37. The predicted molar refractivity (Wildman–Crippen MR) is 75.5 cm³/mol. The summed E-state index contributed by atoms with van der Waals surface area (Å²) in [5.74, 6) is -0.431. The van der Waals surface area contributed by atoms with Gasteiger partial charge in [0, 0.05) is 19.2 Å². The molecule has 1 amide bonds. The third-order valence-corrected chi connectivity index (χ3v) is 3.57. The van der Waals surface area contributed by atoms with Gasteiger partial charge in [-0.2, -0.15) is 0 Å². The molecule has 1 heterocycles. The molecule has 0 saturated carbocycles. The van der Waals surface area contributed by atoms with Crippen molar-refractivity contribution in [3.8, 4) is 0 Å². The minimum absolute atomic E-state index is 0.0161. The van der Waals surface area contributed by atoms with Crippen LogP contribution in [0, 0.1) is 5.82 Å². The summed E-state index contributed by atoms with van der Waals surface area (Å²) in [6.07, 6.45) is 7.75. The number of carbonyl (C=O) groups excluding carboxylic acids is 1. The van der Waals surface area contributed by atoms with Gasteiger partial charge in [0.2, 0.25) is 5.91 Å². The normalized spacial score (nSPS) is 16.6. The molecular weight excluding hydrogens is 265 g/mol. The van der Waals surface area contributed by atoms with E-state index in [9.17, 15) is 9.18 Å². The van der Waals surface area contributed by atoms with Crippen molar-refractivity contribution >= 4 is 23.6 Å². The standard InChI is InChI=1S/C15H17ClFNO/c16-13-11-12(5-7-14(13)17)6-8-15(19)18-9-3-1-2-4-10-18/h5-8,11H,1-4,9-10H2. The molecule has 1 saturated heterocycles. The van der Waals surface area contributed by atoms with Gasteiger partial charge in [-0.3, -0.25) is 4.79 Å². The zero-order valence-electron chi connectivity index (χ0n) is 10.7. The van der Waals surface area contributed by atoms with E-state index in [0.29, 0.717) is 0 Å². The topological polar surface area (TPSA) is 20.3 Å². The van der Waals surface area contributed by atoms with E-state index in [1.807, 2.05) is 4.90 Å². The first-order chi connectivity index (χ1) is 9.16. The van der Waals surface area contributed by atoms with Gasteiger partial charge < -0.3 is 4.90 Å². The Hall–Kier alpha value is -1.35. The second kappa shape index (κ2) is 6.71. The molecule has 0 aliphatic carbocycles. The highest BCUT2D eigenvalue weighted by molar-refractivity contribution is 6.30. The number of rotatable bonds is 2. The third kappa shape index (κ3) is 4.06. The maximum atomic E-state index is 13.0. The van der Waals surface area contributed by atoms with Gasteiger partial charge in [-0.1, -0.05) is 30.5 Å². The Bertz CT molecular complexity index is 479. The highest BCUT2D eigenvalue weighted by atomic mass is 35.5. The van der Waals surface area contributed by atoms with Crippen molar-refractivity contribution in [1.29, 1.82) is 0 Å². The van der Waals surface area contributed by atoms with Crippen LogP contribution in [0.3, 0.4) is 0 Å². The minimum Gasteiger partial charge on any atom is -0.339 e. The number of hydrogen-bond acceptors (Lipinski definition) is 1. The molecule has 1 aromatic carbocycles. The van der Waals surface area contributed by atoms with Gasteiger partial charge in [0.1, 0.15) is 5.82 Å². The maximum Gasteiger partial charge on any atom is 0.246 e. The predicted octanol–water partition coefficient (Wildman–Crippen LogP) is 3.89. The molecule has 1 fully saturated rings. The Labute approximate surface area is 117 Å². The largest absolute Gasteiger partial charge is 0.339 e. The average molecular weight is 282 g/mol. The number of amides is 1. The van der Waals surface area contributed by atoms with Crippen molar-refractivity contribution in [2.45, 2.75) is 25.7 Å². The zero-order chi connectivity index (χ0) is 13.7. The molecule has 0 N–H and O–H groups in total. The second-order valence-electron chi connectivity index (χ2n) is 4.75. The highest BCUT2D eigenvalue weighted by Crippen LogP contribution is 2.17. The van der Waals surface area contributed by atoms with Crippen LogP contribution in [-0.4, -0.2) is 23.9 Å². The first-order valence-corrected chi connectivity index (χ1v) is 6.96. The summed E-state index contributed by atoms with van der Waals surface area (Å²) in [4.78, 5) is 13.9. The van der Waals surface area contributed by atoms with Crippen molar-refractivity contribution < 1.29 is 9.18 Å². The summed E-state index contributed by atoms with van der Waals surface area (Å²) in [6, 6.07) is 4.43. The Morgan fingerprint density at radius 1 is 1.21 bits per heavy atom. The summed E-state index contributed by atoms with van der Waals surface area (Å²) in [6.45, 7) is 1.65. The van der Waals surface area contributed by atoms with Crippen LogP contribution >= 0.6 is 11.6 Å². The molecule has 0 atom stereocenters. The van der Waals surface area contributed by atoms with Gasteiger partial charge in [-0.15, -0.1) is 0 Å². The molecule has 0 bridgehead atoms. The van der Waals surface area contributed by atoms with Gasteiger partial charge in [0.05, 0.1) is 5.02 Å². The first-order valence-electron chi connectivity index (χ1n) is 6.59. The number of carbonyl (C=O) groups is 1. The second-order valence-corrected chi connectivity index (χ2v) is 5.15. The summed E-state index contributed by atoms with van der Waals surface area (Å²) in [5.41, 5.74) is 0.731. The number of hydrogen-bond donors (Lipinski definition) is 0. The van der Waals surface area contributed by atoms with Crippen LogP contribution in [0.15, 0.2) is 24.3 Å². The number of nitrogens with zero attached hydrogens (tertiary/aromatic N) is 1. The van der Waals surface area contributed by atoms with E-state index in [0.717, 1.165) is 31.5 Å². The van der Waals surface area contributed by atoms with Crippen molar-refractivity contribution in [1.82, 2.24) is 4.90 Å². The monoisotopic (exact) mass is 281 g/mol. The first kappa shape index (κ1) is 14.1. The van der Waals surface area contributed by atoms with Crippen LogP contribution in [0.4, 0.5) is 4.39 Å². The van der Waals surface area contributed by atoms with Gasteiger partial charge in [0.25, 0.3) is 0 Å². The van der Waals surface area contributed by atoms with Gasteiger partial charge in [0.15, 0.2) is 0 Å². The molecule has 1 aromatic rings. The molecule has 1 aliphatic heterocycles. The summed E-state index contributed by atoms with van der Waals surface area (Å²) in [5, 5.41) is 0.0735. The van der Waals surface area contributed by atoms with E-state index in [-0.39, 0.29) is 10.9 Å². The van der Waals surface area contributed by atoms with Crippen molar-refractivity contribution in [2.75, 3.05) is 13.1 Å². The summed E-state index contributed by atoms with van der Waals surface area (Å²) >= 11 is 5.70.